The van der Waals surface area contributed by atoms with Crippen LogP contribution < -0.4 is 5.73 Å². The summed E-state index contributed by atoms with van der Waals surface area (Å²) in [6, 6.07) is 10.8. The molecule has 0 unspecified atom stereocenters. The van der Waals surface area contributed by atoms with Crippen molar-refractivity contribution in [2.45, 2.75) is 59.5 Å². The minimum absolute atomic E-state index is 0.118. The summed E-state index contributed by atoms with van der Waals surface area (Å²) in [6.45, 7) is 14.3. The first-order chi connectivity index (χ1) is 9.93. The predicted molar refractivity (Wildman–Crippen MR) is 93.2 cm³/mol. The average molecular weight is 290 g/mol. The first kappa shape index (κ1) is 18.2. The van der Waals surface area contributed by atoms with Gasteiger partial charge in [0.1, 0.15) is 0 Å². The Bertz CT molecular complexity index is 374. The zero-order chi connectivity index (χ0) is 15.9. The number of rotatable bonds is 9. The second-order valence-electron chi connectivity index (χ2n) is 7.12. The second kappa shape index (κ2) is 8.55. The van der Waals surface area contributed by atoms with Gasteiger partial charge in [-0.15, -0.1) is 0 Å². The maximum atomic E-state index is 6.29. The molecule has 0 spiro atoms. The summed E-state index contributed by atoms with van der Waals surface area (Å²) in [5.74, 6) is 1.33. The third kappa shape index (κ3) is 5.44. The Morgan fingerprint density at radius 2 is 1.52 bits per heavy atom. The molecule has 2 heteroatoms. The Hall–Kier alpha value is -0.860. The van der Waals surface area contributed by atoms with Crippen molar-refractivity contribution in [1.29, 1.82) is 0 Å². The van der Waals surface area contributed by atoms with E-state index in [1.807, 2.05) is 0 Å². The van der Waals surface area contributed by atoms with Crippen LogP contribution in [0.5, 0.6) is 0 Å². The first-order valence-corrected chi connectivity index (χ1v) is 8.42. The Morgan fingerprint density at radius 3 is 1.90 bits per heavy atom. The molecule has 21 heavy (non-hydrogen) atoms. The van der Waals surface area contributed by atoms with Crippen LogP contribution in [0.25, 0.3) is 0 Å². The van der Waals surface area contributed by atoms with Crippen LogP contribution in [-0.4, -0.2) is 23.5 Å². The van der Waals surface area contributed by atoms with Crippen molar-refractivity contribution in [1.82, 2.24) is 4.90 Å². The molecule has 1 aromatic carbocycles. The highest BCUT2D eigenvalue weighted by molar-refractivity contribution is 5.15. The van der Waals surface area contributed by atoms with Crippen LogP contribution in [0.4, 0.5) is 0 Å². The lowest BCUT2D eigenvalue weighted by molar-refractivity contribution is 0.0507. The summed E-state index contributed by atoms with van der Waals surface area (Å²) in [7, 11) is 0. The molecule has 0 fully saturated rings. The van der Waals surface area contributed by atoms with E-state index >= 15 is 0 Å². The molecule has 0 heterocycles. The van der Waals surface area contributed by atoms with Gasteiger partial charge in [0.2, 0.25) is 0 Å². The summed E-state index contributed by atoms with van der Waals surface area (Å²) in [5, 5.41) is 0. The van der Waals surface area contributed by atoms with Crippen molar-refractivity contribution in [3.8, 4) is 0 Å². The van der Waals surface area contributed by atoms with Crippen LogP contribution in [-0.2, 0) is 6.54 Å². The van der Waals surface area contributed by atoms with Gasteiger partial charge in [0.05, 0.1) is 0 Å². The molecule has 1 aromatic rings. The summed E-state index contributed by atoms with van der Waals surface area (Å²) in [6.07, 6.45) is 2.34. The smallest absolute Gasteiger partial charge is 0.0340 e. The van der Waals surface area contributed by atoms with Gasteiger partial charge in [0.25, 0.3) is 0 Å². The number of hydrogen-bond acceptors (Lipinski definition) is 2. The minimum atomic E-state index is 0.118. The number of nitrogens with two attached hydrogens (primary N) is 1. The van der Waals surface area contributed by atoms with Crippen molar-refractivity contribution in [2.75, 3.05) is 13.1 Å². The monoisotopic (exact) mass is 290 g/mol. The fourth-order valence-electron chi connectivity index (χ4n) is 3.58. The van der Waals surface area contributed by atoms with Crippen LogP contribution in [0.1, 0.15) is 53.0 Å². The summed E-state index contributed by atoms with van der Waals surface area (Å²) in [4.78, 5) is 2.60. The maximum absolute atomic E-state index is 6.29. The van der Waals surface area contributed by atoms with Crippen molar-refractivity contribution in [3.05, 3.63) is 35.9 Å². The van der Waals surface area contributed by atoms with Gasteiger partial charge in [-0.1, -0.05) is 65.0 Å². The molecule has 0 bridgehead atoms. The van der Waals surface area contributed by atoms with Crippen LogP contribution >= 0.6 is 0 Å². The molecule has 0 saturated heterocycles. The van der Waals surface area contributed by atoms with Crippen LogP contribution in [0, 0.1) is 11.8 Å². The quantitative estimate of drug-likeness (QED) is 0.735. The number of hydrogen-bond donors (Lipinski definition) is 1. The number of benzene rings is 1. The fourth-order valence-corrected chi connectivity index (χ4v) is 3.58. The van der Waals surface area contributed by atoms with Crippen LogP contribution in [0.3, 0.4) is 0 Å². The fraction of sp³-hybridized carbons (Fsp3) is 0.684. The zero-order valence-corrected chi connectivity index (χ0v) is 14.6. The van der Waals surface area contributed by atoms with Crippen molar-refractivity contribution < 1.29 is 0 Å². The Morgan fingerprint density at radius 1 is 1.00 bits per heavy atom. The summed E-state index contributed by atoms with van der Waals surface area (Å²) < 4.78 is 0. The number of likely N-dealkylation sites (N-methyl/N-ethyl adjacent to an activating group) is 1. The molecule has 120 valence electrons. The highest BCUT2D eigenvalue weighted by Crippen LogP contribution is 2.31. The first-order valence-electron chi connectivity index (χ1n) is 8.42. The molecule has 2 N–H and O–H groups in total. The van der Waals surface area contributed by atoms with E-state index < -0.39 is 0 Å². The molecular formula is C19H34N2. The van der Waals surface area contributed by atoms with E-state index in [2.05, 4.69) is 69.9 Å². The molecule has 0 aliphatic carbocycles. The predicted octanol–water partition coefficient (Wildman–Crippen LogP) is 4.30. The Labute approximate surface area is 131 Å². The third-order valence-electron chi connectivity index (χ3n) is 4.23. The molecule has 1 rings (SSSR count). The normalized spacial score (nSPS) is 12.6. The van der Waals surface area contributed by atoms with E-state index in [9.17, 15) is 0 Å². The van der Waals surface area contributed by atoms with Gasteiger partial charge in [0, 0.05) is 18.6 Å². The van der Waals surface area contributed by atoms with Gasteiger partial charge in [-0.05, 0) is 36.8 Å². The lowest BCUT2D eigenvalue weighted by Crippen LogP contribution is -2.55. The van der Waals surface area contributed by atoms with E-state index in [1.54, 1.807) is 0 Å². The standard InChI is InChI=1S/C19H34N2/c1-6-21(14-18-10-8-7-9-11-18)19(15-20,12-16(2)3)13-17(4)5/h7-11,16-17H,6,12-15,20H2,1-5H3. The van der Waals surface area contributed by atoms with E-state index in [0.29, 0.717) is 11.8 Å². The summed E-state index contributed by atoms with van der Waals surface area (Å²) in [5.41, 5.74) is 7.79. The van der Waals surface area contributed by atoms with Gasteiger partial charge in [-0.25, -0.2) is 0 Å². The van der Waals surface area contributed by atoms with Crippen LogP contribution in [0.2, 0.25) is 0 Å². The lowest BCUT2D eigenvalue weighted by atomic mass is 9.80. The molecule has 0 atom stereocenters. The molecular weight excluding hydrogens is 256 g/mol. The van der Waals surface area contributed by atoms with Gasteiger partial charge in [-0.2, -0.15) is 0 Å². The molecule has 0 amide bonds. The number of nitrogens with zero attached hydrogens (tertiary/aromatic N) is 1. The van der Waals surface area contributed by atoms with Crippen LogP contribution in [0.15, 0.2) is 30.3 Å². The molecule has 0 aromatic heterocycles. The third-order valence-corrected chi connectivity index (χ3v) is 4.23. The van der Waals surface area contributed by atoms with Crippen molar-refractivity contribution in [3.63, 3.8) is 0 Å². The SMILES string of the molecule is CCN(Cc1ccccc1)C(CN)(CC(C)C)CC(C)C. The minimum Gasteiger partial charge on any atom is -0.329 e. The second-order valence-corrected chi connectivity index (χ2v) is 7.12. The zero-order valence-electron chi connectivity index (χ0n) is 14.6. The Balaban J connectivity index is 3.00. The molecule has 0 saturated carbocycles. The van der Waals surface area contributed by atoms with Crippen molar-refractivity contribution in [2.24, 2.45) is 17.6 Å². The highest BCUT2D eigenvalue weighted by Gasteiger charge is 2.35. The van der Waals surface area contributed by atoms with E-state index in [0.717, 1.165) is 19.6 Å². The molecule has 0 aliphatic heterocycles. The molecule has 0 aliphatic rings. The van der Waals surface area contributed by atoms with Gasteiger partial charge in [-0.3, -0.25) is 4.90 Å². The highest BCUT2D eigenvalue weighted by atomic mass is 15.2. The van der Waals surface area contributed by atoms with Gasteiger partial charge >= 0.3 is 0 Å². The van der Waals surface area contributed by atoms with Gasteiger partial charge < -0.3 is 5.73 Å². The lowest BCUT2D eigenvalue weighted by Gasteiger charge is -2.45. The molecule has 2 nitrogen and oxygen atoms in total. The maximum Gasteiger partial charge on any atom is 0.0340 e. The van der Waals surface area contributed by atoms with E-state index in [4.69, 9.17) is 5.73 Å². The Kier molecular flexibility index (Phi) is 7.41. The van der Waals surface area contributed by atoms with Gasteiger partial charge in [0.15, 0.2) is 0 Å². The van der Waals surface area contributed by atoms with E-state index in [-0.39, 0.29) is 5.54 Å². The summed E-state index contributed by atoms with van der Waals surface area (Å²) >= 11 is 0. The average Bonchev–Trinajstić information content (AvgIpc) is 2.44. The topological polar surface area (TPSA) is 29.3 Å². The largest absolute Gasteiger partial charge is 0.329 e. The molecule has 0 radical (unpaired) electrons. The van der Waals surface area contributed by atoms with E-state index in [1.165, 1.54) is 18.4 Å². The van der Waals surface area contributed by atoms with Crippen molar-refractivity contribution >= 4 is 0 Å².